The topological polar surface area (TPSA) is 91.6 Å². The third-order valence-electron chi connectivity index (χ3n) is 6.62. The van der Waals surface area contributed by atoms with E-state index in [0.717, 1.165) is 55.8 Å². The molecule has 0 unspecified atom stereocenters. The highest BCUT2D eigenvalue weighted by Crippen LogP contribution is 2.25. The Labute approximate surface area is 198 Å². The summed E-state index contributed by atoms with van der Waals surface area (Å²) in [5.41, 5.74) is 3.78. The molecule has 0 radical (unpaired) electrons. The maximum absolute atomic E-state index is 12.8. The Morgan fingerprint density at radius 1 is 1.06 bits per heavy atom. The first-order valence-electron chi connectivity index (χ1n) is 11.9. The van der Waals surface area contributed by atoms with Crippen LogP contribution in [-0.4, -0.2) is 46.5 Å². The highest BCUT2D eigenvalue weighted by atomic mass is 16.5. The molecule has 0 atom stereocenters. The van der Waals surface area contributed by atoms with Crippen LogP contribution in [0.2, 0.25) is 0 Å². The van der Waals surface area contributed by atoms with Crippen LogP contribution in [0.25, 0.3) is 11.4 Å². The van der Waals surface area contributed by atoms with Gasteiger partial charge in [-0.2, -0.15) is 4.98 Å². The second-order valence-electron chi connectivity index (χ2n) is 9.11. The van der Waals surface area contributed by atoms with Crippen LogP contribution >= 0.6 is 0 Å². The minimum absolute atomic E-state index is 0.0260. The number of likely N-dealkylation sites (tertiary alicyclic amines) is 1. The van der Waals surface area contributed by atoms with E-state index in [1.807, 2.05) is 55.5 Å². The number of carbonyl (C=O) groups excluding carboxylic acids is 2. The highest BCUT2D eigenvalue weighted by Gasteiger charge is 2.26. The van der Waals surface area contributed by atoms with Crippen LogP contribution in [0, 0.1) is 12.8 Å². The van der Waals surface area contributed by atoms with Crippen LogP contribution in [-0.2, 0) is 16.1 Å². The van der Waals surface area contributed by atoms with Crippen molar-refractivity contribution in [3.8, 4) is 11.4 Å². The zero-order valence-corrected chi connectivity index (χ0v) is 19.4. The zero-order chi connectivity index (χ0) is 23.5. The van der Waals surface area contributed by atoms with E-state index in [1.54, 1.807) is 4.90 Å². The van der Waals surface area contributed by atoms with Crippen molar-refractivity contribution >= 4 is 23.2 Å². The Kier molecular flexibility index (Phi) is 6.40. The summed E-state index contributed by atoms with van der Waals surface area (Å²) in [4.78, 5) is 33.3. The van der Waals surface area contributed by atoms with Gasteiger partial charge in [-0.1, -0.05) is 35.0 Å². The normalized spacial score (nSPS) is 17.3. The Balaban J connectivity index is 1.10. The lowest BCUT2D eigenvalue weighted by molar-refractivity contribution is -0.121. The van der Waals surface area contributed by atoms with E-state index < -0.39 is 0 Å². The van der Waals surface area contributed by atoms with Gasteiger partial charge in [0.1, 0.15) is 0 Å². The average molecular weight is 460 g/mol. The summed E-state index contributed by atoms with van der Waals surface area (Å²) >= 11 is 0. The van der Waals surface area contributed by atoms with Gasteiger partial charge in [0.25, 0.3) is 0 Å². The summed E-state index contributed by atoms with van der Waals surface area (Å²) in [5, 5.41) is 7.14. The van der Waals surface area contributed by atoms with E-state index >= 15 is 0 Å². The fraction of sp³-hybridized carbons (Fsp3) is 0.385. The molecule has 0 saturated carbocycles. The first-order chi connectivity index (χ1) is 16.5. The van der Waals surface area contributed by atoms with Crippen molar-refractivity contribution in [3.05, 3.63) is 60.0 Å². The predicted octanol–water partition coefficient (Wildman–Crippen LogP) is 4.02. The predicted molar refractivity (Wildman–Crippen MR) is 129 cm³/mol. The third-order valence-corrected chi connectivity index (χ3v) is 6.62. The number of carbonyl (C=O) groups is 2. The molecule has 0 aliphatic carbocycles. The van der Waals surface area contributed by atoms with Crippen molar-refractivity contribution in [2.45, 2.75) is 39.2 Å². The van der Waals surface area contributed by atoms with Crippen molar-refractivity contribution in [1.82, 2.24) is 15.0 Å². The number of nitrogens with zero attached hydrogens (tertiary/aromatic N) is 4. The molecule has 34 heavy (non-hydrogen) atoms. The Morgan fingerprint density at radius 3 is 2.47 bits per heavy atom. The number of hydrogen-bond donors (Lipinski definition) is 1. The summed E-state index contributed by atoms with van der Waals surface area (Å²) in [6.07, 6.45) is 3.07. The van der Waals surface area contributed by atoms with Gasteiger partial charge in [-0.15, -0.1) is 0 Å². The largest absolute Gasteiger partial charge is 0.338 e. The number of aromatic nitrogens is 2. The lowest BCUT2D eigenvalue weighted by Crippen LogP contribution is -2.37. The molecule has 2 amide bonds. The van der Waals surface area contributed by atoms with Crippen molar-refractivity contribution in [2.24, 2.45) is 5.92 Å². The molecular formula is C26H29N5O3. The molecule has 8 heteroatoms. The van der Waals surface area contributed by atoms with E-state index in [2.05, 4.69) is 20.4 Å². The Hall–Kier alpha value is -3.52. The smallest absolute Gasteiger partial charge is 0.241 e. The first-order valence-corrected chi connectivity index (χ1v) is 11.9. The van der Waals surface area contributed by atoms with Crippen molar-refractivity contribution in [2.75, 3.05) is 29.9 Å². The highest BCUT2D eigenvalue weighted by molar-refractivity contribution is 5.96. The second kappa shape index (κ2) is 9.77. The van der Waals surface area contributed by atoms with Crippen molar-refractivity contribution in [1.29, 1.82) is 0 Å². The number of anilines is 2. The monoisotopic (exact) mass is 459 g/mol. The summed E-state index contributed by atoms with van der Waals surface area (Å²) in [6.45, 7) is 5.00. The molecule has 176 valence electrons. The number of rotatable bonds is 6. The van der Waals surface area contributed by atoms with Crippen molar-refractivity contribution in [3.63, 3.8) is 0 Å². The van der Waals surface area contributed by atoms with Gasteiger partial charge in [0.2, 0.25) is 23.5 Å². The van der Waals surface area contributed by atoms with Gasteiger partial charge in [0, 0.05) is 35.8 Å². The molecule has 1 N–H and O–H groups in total. The summed E-state index contributed by atoms with van der Waals surface area (Å²) in [5.74, 6) is 1.38. The molecule has 3 aromatic rings. The van der Waals surface area contributed by atoms with E-state index in [9.17, 15) is 9.59 Å². The van der Waals surface area contributed by atoms with E-state index in [-0.39, 0.29) is 17.7 Å². The number of hydrogen-bond acceptors (Lipinski definition) is 6. The van der Waals surface area contributed by atoms with E-state index in [1.165, 1.54) is 5.56 Å². The van der Waals surface area contributed by atoms with E-state index in [0.29, 0.717) is 24.7 Å². The van der Waals surface area contributed by atoms with Gasteiger partial charge in [-0.25, -0.2) is 0 Å². The number of piperidine rings is 1. The summed E-state index contributed by atoms with van der Waals surface area (Å²) in [6, 6.07) is 15.6. The van der Waals surface area contributed by atoms with Gasteiger partial charge in [-0.05, 0) is 63.5 Å². The van der Waals surface area contributed by atoms with Crippen LogP contribution in [0.3, 0.4) is 0 Å². The number of amides is 2. The lowest BCUT2D eigenvalue weighted by Gasteiger charge is -2.30. The molecule has 2 aromatic carbocycles. The maximum atomic E-state index is 12.8. The van der Waals surface area contributed by atoms with Gasteiger partial charge in [0.05, 0.1) is 6.54 Å². The van der Waals surface area contributed by atoms with Crippen molar-refractivity contribution < 1.29 is 14.1 Å². The first kappa shape index (κ1) is 22.3. The molecule has 2 aliphatic rings. The van der Waals surface area contributed by atoms with E-state index in [4.69, 9.17) is 4.52 Å². The lowest BCUT2D eigenvalue weighted by atomic mass is 9.96. The van der Waals surface area contributed by atoms with Gasteiger partial charge in [-0.3, -0.25) is 14.5 Å². The number of aryl methyl sites for hydroxylation is 1. The molecular weight excluding hydrogens is 430 g/mol. The number of nitrogens with one attached hydrogen (secondary N) is 1. The molecule has 2 fully saturated rings. The zero-order valence-electron chi connectivity index (χ0n) is 19.4. The van der Waals surface area contributed by atoms with Crippen LogP contribution in [0.4, 0.5) is 11.4 Å². The standard InChI is InChI=1S/C26H29N5O3/c1-18-4-6-19(7-5-18)25-28-23(34-29-25)17-30-15-12-20(13-16-30)26(33)27-21-8-10-22(11-9-21)31-14-2-3-24(31)32/h4-11,20H,2-3,12-17H2,1H3,(H,27,33). The van der Waals surface area contributed by atoms with Gasteiger partial charge < -0.3 is 14.7 Å². The molecule has 3 heterocycles. The molecule has 0 spiro atoms. The molecule has 0 bridgehead atoms. The summed E-state index contributed by atoms with van der Waals surface area (Å²) < 4.78 is 5.45. The average Bonchev–Trinajstić information content (AvgIpc) is 3.49. The Morgan fingerprint density at radius 2 is 1.79 bits per heavy atom. The fourth-order valence-electron chi connectivity index (χ4n) is 4.57. The van der Waals surface area contributed by atoms with Gasteiger partial charge in [0.15, 0.2) is 0 Å². The maximum Gasteiger partial charge on any atom is 0.241 e. The SMILES string of the molecule is Cc1ccc(-c2noc(CN3CCC(C(=O)Nc4ccc(N5CCCC5=O)cc4)CC3)n2)cc1. The fourth-order valence-corrected chi connectivity index (χ4v) is 4.57. The molecule has 8 nitrogen and oxygen atoms in total. The molecule has 2 saturated heterocycles. The number of benzene rings is 2. The van der Waals surface area contributed by atoms with Gasteiger partial charge >= 0.3 is 0 Å². The van der Waals surface area contributed by atoms with Crippen LogP contribution in [0.1, 0.15) is 37.1 Å². The summed E-state index contributed by atoms with van der Waals surface area (Å²) in [7, 11) is 0. The third kappa shape index (κ3) is 5.02. The molecule has 1 aromatic heterocycles. The molecule has 2 aliphatic heterocycles. The quantitative estimate of drug-likeness (QED) is 0.599. The van der Waals surface area contributed by atoms with Crippen LogP contribution < -0.4 is 10.2 Å². The second-order valence-corrected chi connectivity index (χ2v) is 9.11. The Bertz CT molecular complexity index is 1150. The molecule has 5 rings (SSSR count). The minimum atomic E-state index is -0.0260. The van der Waals surface area contributed by atoms with Crippen LogP contribution in [0.15, 0.2) is 53.1 Å². The minimum Gasteiger partial charge on any atom is -0.338 e. The van der Waals surface area contributed by atoms with Crippen LogP contribution in [0.5, 0.6) is 0 Å².